The van der Waals surface area contributed by atoms with Crippen LogP contribution in [0.5, 0.6) is 0 Å². The first-order valence-corrected chi connectivity index (χ1v) is 7.75. The molecule has 0 spiro atoms. The molecule has 0 aliphatic heterocycles. The average Bonchev–Trinajstić information content (AvgIpc) is 3.23. The van der Waals surface area contributed by atoms with Crippen LogP contribution in [-0.4, -0.2) is 21.6 Å². The van der Waals surface area contributed by atoms with Crippen LogP contribution < -0.4 is 10.6 Å². The Bertz CT molecular complexity index is 897. The predicted molar refractivity (Wildman–Crippen MR) is 92.2 cm³/mol. The van der Waals surface area contributed by atoms with E-state index >= 15 is 0 Å². The maximum Gasteiger partial charge on any atom is 0.272 e. The Kier molecular flexibility index (Phi) is 4.65. The summed E-state index contributed by atoms with van der Waals surface area (Å²) in [6.45, 7) is 2.16. The molecule has 0 fully saturated rings. The molecular formula is C18H18N4O3. The second-order valence-electron chi connectivity index (χ2n) is 5.62. The van der Waals surface area contributed by atoms with E-state index in [4.69, 9.17) is 4.42 Å². The van der Waals surface area contributed by atoms with Crippen molar-refractivity contribution in [3.8, 4) is 0 Å². The quantitative estimate of drug-likeness (QED) is 0.748. The summed E-state index contributed by atoms with van der Waals surface area (Å²) in [6.07, 6.45) is 2.99. The van der Waals surface area contributed by atoms with Gasteiger partial charge in [-0.25, -0.2) is 0 Å². The molecule has 25 heavy (non-hydrogen) atoms. The number of amides is 2. The average molecular weight is 338 g/mol. The highest BCUT2D eigenvalue weighted by atomic mass is 16.3. The van der Waals surface area contributed by atoms with Gasteiger partial charge in [0.15, 0.2) is 0 Å². The molecule has 3 rings (SSSR count). The summed E-state index contributed by atoms with van der Waals surface area (Å²) >= 11 is 0. The lowest BCUT2D eigenvalue weighted by Crippen LogP contribution is -2.26. The number of nitrogens with one attached hydrogen (secondary N) is 2. The predicted octanol–water partition coefficient (Wildman–Crippen LogP) is 2.50. The minimum atomic E-state index is -0.351. The summed E-state index contributed by atoms with van der Waals surface area (Å²) in [5, 5.41) is 9.55. The number of hydrogen-bond donors (Lipinski definition) is 2. The van der Waals surface area contributed by atoms with Crippen molar-refractivity contribution < 1.29 is 14.0 Å². The van der Waals surface area contributed by atoms with Crippen molar-refractivity contribution in [3.05, 3.63) is 71.4 Å². The second-order valence-corrected chi connectivity index (χ2v) is 5.62. The molecule has 1 aromatic carbocycles. The van der Waals surface area contributed by atoms with Crippen LogP contribution in [0.3, 0.4) is 0 Å². The molecule has 2 amide bonds. The van der Waals surface area contributed by atoms with Gasteiger partial charge in [-0.2, -0.15) is 5.10 Å². The Balaban J connectivity index is 1.74. The summed E-state index contributed by atoms with van der Waals surface area (Å²) in [4.78, 5) is 24.9. The standard InChI is InChI=1S/C18H18N4O3/c1-12-5-3-6-13(9-12)17(23)21-15-11-20-22(2)16(15)18(24)19-10-14-7-4-8-25-14/h3-9,11H,10H2,1-2H3,(H,19,24)(H,21,23). The summed E-state index contributed by atoms with van der Waals surface area (Å²) in [5.41, 5.74) is 2.12. The maximum atomic E-state index is 12.4. The third-order valence-electron chi connectivity index (χ3n) is 3.69. The van der Waals surface area contributed by atoms with Gasteiger partial charge in [0.2, 0.25) is 0 Å². The van der Waals surface area contributed by atoms with E-state index in [1.165, 1.54) is 10.9 Å². The molecule has 0 aliphatic rings. The van der Waals surface area contributed by atoms with Crippen molar-refractivity contribution in [3.63, 3.8) is 0 Å². The van der Waals surface area contributed by atoms with Gasteiger partial charge < -0.3 is 15.1 Å². The van der Waals surface area contributed by atoms with Gasteiger partial charge in [-0.3, -0.25) is 14.3 Å². The number of carbonyl (C=O) groups is 2. The van der Waals surface area contributed by atoms with Gasteiger partial charge in [0.1, 0.15) is 11.5 Å². The van der Waals surface area contributed by atoms with E-state index in [0.29, 0.717) is 17.0 Å². The molecule has 2 heterocycles. The maximum absolute atomic E-state index is 12.4. The van der Waals surface area contributed by atoms with Crippen LogP contribution in [0.15, 0.2) is 53.3 Å². The molecule has 0 radical (unpaired) electrons. The van der Waals surface area contributed by atoms with E-state index in [1.54, 1.807) is 37.6 Å². The molecule has 0 bridgehead atoms. The van der Waals surface area contributed by atoms with Gasteiger partial charge in [0, 0.05) is 12.6 Å². The minimum Gasteiger partial charge on any atom is -0.467 e. The SMILES string of the molecule is Cc1cccc(C(=O)Nc2cnn(C)c2C(=O)NCc2ccco2)c1. The summed E-state index contributed by atoms with van der Waals surface area (Å²) < 4.78 is 6.61. The molecule has 0 aliphatic carbocycles. The smallest absolute Gasteiger partial charge is 0.272 e. The van der Waals surface area contributed by atoms with Gasteiger partial charge in [-0.05, 0) is 31.2 Å². The van der Waals surface area contributed by atoms with Crippen molar-refractivity contribution in [2.75, 3.05) is 5.32 Å². The number of carbonyl (C=O) groups excluding carboxylic acids is 2. The normalized spacial score (nSPS) is 10.5. The van der Waals surface area contributed by atoms with Gasteiger partial charge in [-0.15, -0.1) is 0 Å². The van der Waals surface area contributed by atoms with E-state index < -0.39 is 0 Å². The number of furan rings is 1. The molecule has 7 nitrogen and oxygen atoms in total. The van der Waals surface area contributed by atoms with Crippen LogP contribution in [0.4, 0.5) is 5.69 Å². The van der Waals surface area contributed by atoms with Crippen LogP contribution >= 0.6 is 0 Å². The molecule has 0 saturated carbocycles. The topological polar surface area (TPSA) is 89.2 Å². The zero-order valence-corrected chi connectivity index (χ0v) is 13.9. The monoisotopic (exact) mass is 338 g/mol. The van der Waals surface area contributed by atoms with Crippen molar-refractivity contribution in [2.24, 2.45) is 7.05 Å². The van der Waals surface area contributed by atoms with Gasteiger partial charge in [-0.1, -0.05) is 17.7 Å². The van der Waals surface area contributed by atoms with E-state index in [-0.39, 0.29) is 24.1 Å². The number of anilines is 1. The first kappa shape index (κ1) is 16.5. The Labute approximate surface area is 144 Å². The van der Waals surface area contributed by atoms with Gasteiger partial charge in [0.05, 0.1) is 24.7 Å². The number of benzene rings is 1. The van der Waals surface area contributed by atoms with Crippen molar-refractivity contribution >= 4 is 17.5 Å². The third kappa shape index (κ3) is 3.77. The van der Waals surface area contributed by atoms with E-state index in [2.05, 4.69) is 15.7 Å². The highest BCUT2D eigenvalue weighted by Gasteiger charge is 2.19. The number of rotatable bonds is 5. The first-order chi connectivity index (χ1) is 12.0. The van der Waals surface area contributed by atoms with E-state index in [9.17, 15) is 9.59 Å². The number of aryl methyl sites for hydroxylation is 2. The molecule has 0 atom stereocenters. The van der Waals surface area contributed by atoms with Crippen molar-refractivity contribution in [1.82, 2.24) is 15.1 Å². The summed E-state index contributed by atoms with van der Waals surface area (Å²) in [5.74, 6) is -0.00593. The Hall–Kier alpha value is -3.35. The van der Waals surface area contributed by atoms with Crippen molar-refractivity contribution in [1.29, 1.82) is 0 Å². The number of nitrogens with zero attached hydrogens (tertiary/aromatic N) is 2. The lowest BCUT2D eigenvalue weighted by atomic mass is 10.1. The van der Waals surface area contributed by atoms with Crippen LogP contribution in [0.25, 0.3) is 0 Å². The minimum absolute atomic E-state index is 0.252. The fourth-order valence-corrected chi connectivity index (χ4v) is 2.44. The summed E-state index contributed by atoms with van der Waals surface area (Å²) in [6, 6.07) is 10.7. The Morgan fingerprint density at radius 3 is 2.76 bits per heavy atom. The van der Waals surface area contributed by atoms with Crippen LogP contribution in [0.1, 0.15) is 32.2 Å². The fraction of sp³-hybridized carbons (Fsp3) is 0.167. The first-order valence-electron chi connectivity index (χ1n) is 7.75. The van der Waals surface area contributed by atoms with E-state index in [1.807, 2.05) is 19.1 Å². The zero-order valence-electron chi connectivity index (χ0n) is 13.9. The lowest BCUT2D eigenvalue weighted by molar-refractivity contribution is 0.0939. The molecule has 3 aromatic rings. The molecule has 2 N–H and O–H groups in total. The van der Waals surface area contributed by atoms with Gasteiger partial charge in [0.25, 0.3) is 11.8 Å². The third-order valence-corrected chi connectivity index (χ3v) is 3.69. The molecule has 2 aromatic heterocycles. The zero-order chi connectivity index (χ0) is 17.8. The molecule has 128 valence electrons. The highest BCUT2D eigenvalue weighted by Crippen LogP contribution is 2.16. The molecule has 0 unspecified atom stereocenters. The van der Waals surface area contributed by atoms with Crippen LogP contribution in [0.2, 0.25) is 0 Å². The Morgan fingerprint density at radius 2 is 2.04 bits per heavy atom. The molecule has 0 saturated heterocycles. The second kappa shape index (κ2) is 7.04. The van der Waals surface area contributed by atoms with Gasteiger partial charge >= 0.3 is 0 Å². The number of hydrogen-bond acceptors (Lipinski definition) is 4. The number of aromatic nitrogens is 2. The fourth-order valence-electron chi connectivity index (χ4n) is 2.44. The largest absolute Gasteiger partial charge is 0.467 e. The molecule has 7 heteroatoms. The van der Waals surface area contributed by atoms with Crippen LogP contribution in [0, 0.1) is 6.92 Å². The molecular weight excluding hydrogens is 320 g/mol. The van der Waals surface area contributed by atoms with E-state index in [0.717, 1.165) is 5.56 Å². The lowest BCUT2D eigenvalue weighted by Gasteiger charge is -2.08. The van der Waals surface area contributed by atoms with Crippen molar-refractivity contribution in [2.45, 2.75) is 13.5 Å². The Morgan fingerprint density at radius 1 is 1.20 bits per heavy atom. The highest BCUT2D eigenvalue weighted by molar-refractivity contribution is 6.08. The van der Waals surface area contributed by atoms with Crippen LogP contribution in [-0.2, 0) is 13.6 Å². The summed E-state index contributed by atoms with van der Waals surface area (Å²) in [7, 11) is 1.64.